The van der Waals surface area contributed by atoms with Crippen LogP contribution in [-0.4, -0.2) is 0 Å². The first kappa shape index (κ1) is 8.04. The highest BCUT2D eigenvalue weighted by Gasteiger charge is 2.19. The van der Waals surface area contributed by atoms with Crippen molar-refractivity contribution in [2.24, 2.45) is 0 Å². The van der Waals surface area contributed by atoms with E-state index in [1.165, 1.54) is 6.07 Å². The second-order valence-electron chi connectivity index (χ2n) is 3.82. The molecule has 1 aromatic carbocycles. The lowest BCUT2D eigenvalue weighted by atomic mass is 9.96. The Labute approximate surface area is 81.5 Å². The van der Waals surface area contributed by atoms with Crippen molar-refractivity contribution >= 4 is 11.0 Å². The first-order chi connectivity index (χ1) is 6.86. The van der Waals surface area contributed by atoms with Gasteiger partial charge >= 0.3 is 0 Å². The average molecular weight is 190 g/mol. The van der Waals surface area contributed by atoms with Gasteiger partial charge in [-0.05, 0) is 31.4 Å². The smallest absolute Gasteiger partial charge is 0.137 e. The molecule has 0 aliphatic heterocycles. The maximum atomic E-state index is 13.5. The Morgan fingerprint density at radius 3 is 2.93 bits per heavy atom. The van der Waals surface area contributed by atoms with Gasteiger partial charge in [0.25, 0.3) is 0 Å². The van der Waals surface area contributed by atoms with Gasteiger partial charge in [-0.25, -0.2) is 4.39 Å². The maximum Gasteiger partial charge on any atom is 0.137 e. The molecule has 14 heavy (non-hydrogen) atoms. The lowest BCUT2D eigenvalue weighted by molar-refractivity contribution is 0.506. The molecule has 0 amide bonds. The van der Waals surface area contributed by atoms with Crippen molar-refractivity contribution in [2.75, 3.05) is 0 Å². The number of rotatable bonds is 0. The molecule has 0 bridgehead atoms. The Hall–Kier alpha value is -1.31. The molecule has 0 atom stereocenters. The van der Waals surface area contributed by atoms with Crippen molar-refractivity contribution < 1.29 is 8.81 Å². The van der Waals surface area contributed by atoms with Gasteiger partial charge in [-0.15, -0.1) is 0 Å². The number of hydrogen-bond acceptors (Lipinski definition) is 1. The molecule has 1 aliphatic rings. The van der Waals surface area contributed by atoms with Crippen LogP contribution in [0.1, 0.15) is 24.2 Å². The van der Waals surface area contributed by atoms with Gasteiger partial charge in [0, 0.05) is 12.0 Å². The fourth-order valence-corrected chi connectivity index (χ4v) is 2.27. The maximum absolute atomic E-state index is 13.5. The van der Waals surface area contributed by atoms with Gasteiger partial charge in [0.15, 0.2) is 0 Å². The molecule has 0 unspecified atom stereocenters. The second-order valence-corrected chi connectivity index (χ2v) is 3.82. The van der Waals surface area contributed by atoms with Crippen molar-refractivity contribution in [3.8, 4) is 0 Å². The standard InChI is InChI=1S/C12H11FO/c13-9-5-3-7-11-12(9)8-4-1-2-6-10(8)14-11/h3,5,7H,1-2,4,6H2. The summed E-state index contributed by atoms with van der Waals surface area (Å²) in [6.07, 6.45) is 4.23. The summed E-state index contributed by atoms with van der Waals surface area (Å²) in [6.45, 7) is 0. The first-order valence-electron chi connectivity index (χ1n) is 5.05. The SMILES string of the molecule is Fc1cccc2oc3c(c12)CCCC3. The lowest BCUT2D eigenvalue weighted by Crippen LogP contribution is -1.99. The molecule has 0 saturated carbocycles. The lowest BCUT2D eigenvalue weighted by Gasteiger charge is -2.08. The highest BCUT2D eigenvalue weighted by molar-refractivity contribution is 5.83. The predicted molar refractivity (Wildman–Crippen MR) is 52.8 cm³/mol. The Balaban J connectivity index is 2.38. The number of hydrogen-bond donors (Lipinski definition) is 0. The summed E-state index contributed by atoms with van der Waals surface area (Å²) in [5.41, 5.74) is 1.81. The van der Waals surface area contributed by atoms with E-state index in [1.807, 2.05) is 6.07 Å². The van der Waals surface area contributed by atoms with Gasteiger partial charge in [0.05, 0.1) is 5.39 Å². The number of furan rings is 1. The topological polar surface area (TPSA) is 13.1 Å². The summed E-state index contributed by atoms with van der Waals surface area (Å²) in [5.74, 6) is 0.853. The van der Waals surface area contributed by atoms with E-state index in [1.54, 1.807) is 6.07 Å². The molecular formula is C12H11FO. The van der Waals surface area contributed by atoms with E-state index in [4.69, 9.17) is 4.42 Å². The highest BCUT2D eigenvalue weighted by Crippen LogP contribution is 2.33. The van der Waals surface area contributed by atoms with Gasteiger partial charge in [-0.1, -0.05) is 6.07 Å². The monoisotopic (exact) mass is 190 g/mol. The van der Waals surface area contributed by atoms with Crippen LogP contribution in [0, 0.1) is 5.82 Å². The quantitative estimate of drug-likeness (QED) is 0.620. The van der Waals surface area contributed by atoms with Crippen molar-refractivity contribution in [2.45, 2.75) is 25.7 Å². The third-order valence-electron chi connectivity index (χ3n) is 2.93. The number of fused-ring (bicyclic) bond motifs is 3. The van der Waals surface area contributed by atoms with Crippen LogP contribution in [-0.2, 0) is 12.8 Å². The third-order valence-corrected chi connectivity index (χ3v) is 2.93. The number of aryl methyl sites for hydroxylation is 2. The average Bonchev–Trinajstić information content (AvgIpc) is 2.57. The number of halogens is 1. The first-order valence-corrected chi connectivity index (χ1v) is 5.05. The van der Waals surface area contributed by atoms with E-state index in [9.17, 15) is 4.39 Å². The van der Waals surface area contributed by atoms with Crippen molar-refractivity contribution in [3.63, 3.8) is 0 Å². The van der Waals surface area contributed by atoms with Crippen LogP contribution in [0.4, 0.5) is 4.39 Å². The van der Waals surface area contributed by atoms with Gasteiger partial charge in [-0.2, -0.15) is 0 Å². The molecule has 0 saturated heterocycles. The van der Waals surface area contributed by atoms with Crippen LogP contribution in [0.2, 0.25) is 0 Å². The fraction of sp³-hybridized carbons (Fsp3) is 0.333. The van der Waals surface area contributed by atoms with Gasteiger partial charge in [-0.3, -0.25) is 0 Å². The Kier molecular flexibility index (Phi) is 1.63. The van der Waals surface area contributed by atoms with E-state index in [0.29, 0.717) is 11.0 Å². The molecule has 72 valence electrons. The molecule has 0 fully saturated rings. The largest absolute Gasteiger partial charge is 0.461 e. The van der Waals surface area contributed by atoms with Gasteiger partial charge in [0.1, 0.15) is 17.2 Å². The molecule has 0 N–H and O–H groups in total. The summed E-state index contributed by atoms with van der Waals surface area (Å²) in [5, 5.41) is 0.710. The van der Waals surface area contributed by atoms with Crippen LogP contribution in [0.15, 0.2) is 22.6 Å². The molecule has 3 rings (SSSR count). The zero-order valence-electron chi connectivity index (χ0n) is 7.85. The molecule has 1 aliphatic carbocycles. The van der Waals surface area contributed by atoms with Crippen LogP contribution in [0.5, 0.6) is 0 Å². The van der Waals surface area contributed by atoms with Gasteiger partial charge < -0.3 is 4.42 Å². The zero-order chi connectivity index (χ0) is 9.54. The van der Waals surface area contributed by atoms with Crippen molar-refractivity contribution in [3.05, 3.63) is 35.3 Å². The normalized spacial score (nSPS) is 15.8. The Bertz CT molecular complexity index is 484. The predicted octanol–water partition coefficient (Wildman–Crippen LogP) is 3.45. The van der Waals surface area contributed by atoms with Crippen molar-refractivity contribution in [1.82, 2.24) is 0 Å². The summed E-state index contributed by atoms with van der Waals surface area (Å²) in [6, 6.07) is 5.05. The Morgan fingerprint density at radius 1 is 1.14 bits per heavy atom. The summed E-state index contributed by atoms with van der Waals surface area (Å²) in [7, 11) is 0. The molecular weight excluding hydrogens is 179 g/mol. The molecule has 0 spiro atoms. The molecule has 1 nitrogen and oxygen atoms in total. The molecule has 2 aromatic rings. The third kappa shape index (κ3) is 0.999. The van der Waals surface area contributed by atoms with Crippen LogP contribution < -0.4 is 0 Å². The summed E-state index contributed by atoms with van der Waals surface area (Å²) >= 11 is 0. The minimum Gasteiger partial charge on any atom is -0.461 e. The zero-order valence-corrected chi connectivity index (χ0v) is 7.85. The van der Waals surface area contributed by atoms with E-state index < -0.39 is 0 Å². The minimum atomic E-state index is -0.144. The van der Waals surface area contributed by atoms with Gasteiger partial charge in [0.2, 0.25) is 0 Å². The number of benzene rings is 1. The Morgan fingerprint density at radius 2 is 2.00 bits per heavy atom. The molecule has 2 heteroatoms. The van der Waals surface area contributed by atoms with Crippen LogP contribution >= 0.6 is 0 Å². The van der Waals surface area contributed by atoms with E-state index >= 15 is 0 Å². The summed E-state index contributed by atoms with van der Waals surface area (Å²) in [4.78, 5) is 0. The highest BCUT2D eigenvalue weighted by atomic mass is 19.1. The summed E-state index contributed by atoms with van der Waals surface area (Å²) < 4.78 is 19.2. The van der Waals surface area contributed by atoms with E-state index in [-0.39, 0.29) is 5.82 Å². The molecule has 1 heterocycles. The fourth-order valence-electron chi connectivity index (χ4n) is 2.27. The van der Waals surface area contributed by atoms with Crippen LogP contribution in [0.25, 0.3) is 11.0 Å². The second kappa shape index (κ2) is 2.84. The van der Waals surface area contributed by atoms with Crippen LogP contribution in [0.3, 0.4) is 0 Å². The van der Waals surface area contributed by atoms with Crippen molar-refractivity contribution in [1.29, 1.82) is 0 Å². The van der Waals surface area contributed by atoms with E-state index in [2.05, 4.69) is 0 Å². The molecule has 0 radical (unpaired) electrons. The van der Waals surface area contributed by atoms with E-state index in [0.717, 1.165) is 37.0 Å². The molecule has 1 aromatic heterocycles. The minimum absolute atomic E-state index is 0.144.